The molecule has 0 amide bonds. The van der Waals surface area contributed by atoms with Gasteiger partial charge in [0.2, 0.25) is 0 Å². The molecule has 0 spiro atoms. The van der Waals surface area contributed by atoms with Gasteiger partial charge in [0.15, 0.2) is 12.0 Å². The fraction of sp³-hybridized carbons (Fsp3) is 0.0833. The minimum atomic E-state index is 0.321. The predicted octanol–water partition coefficient (Wildman–Crippen LogP) is 2.67. The molecule has 3 heteroatoms. The summed E-state index contributed by atoms with van der Waals surface area (Å²) >= 11 is 0. The number of furan rings is 1. The number of ether oxygens (including phenoxy) is 1. The molecule has 1 aromatic carbocycles. The molecule has 0 fully saturated rings. The standard InChI is InChI=1S/C12H10O3/c13-8-11-6-7-12(15-11)9-14-10-4-2-1-3-5-10/h1-8H,9H2. The van der Waals surface area contributed by atoms with Crippen LogP contribution in [0.3, 0.4) is 0 Å². The zero-order valence-corrected chi connectivity index (χ0v) is 8.05. The number of rotatable bonds is 4. The van der Waals surface area contributed by atoms with Crippen molar-refractivity contribution in [3.8, 4) is 5.75 Å². The van der Waals surface area contributed by atoms with Crippen LogP contribution in [0.15, 0.2) is 46.9 Å². The Kier molecular flexibility index (Phi) is 2.83. The largest absolute Gasteiger partial charge is 0.486 e. The molecule has 1 heterocycles. The molecule has 0 bridgehead atoms. The van der Waals surface area contributed by atoms with E-state index in [1.54, 1.807) is 12.1 Å². The lowest BCUT2D eigenvalue weighted by molar-refractivity contribution is 0.109. The van der Waals surface area contributed by atoms with Gasteiger partial charge in [0, 0.05) is 0 Å². The smallest absolute Gasteiger partial charge is 0.185 e. The van der Waals surface area contributed by atoms with Gasteiger partial charge in [-0.2, -0.15) is 0 Å². The molecule has 0 aliphatic heterocycles. The summed E-state index contributed by atoms with van der Waals surface area (Å²) < 4.78 is 10.6. The van der Waals surface area contributed by atoms with E-state index >= 15 is 0 Å². The van der Waals surface area contributed by atoms with E-state index in [0.29, 0.717) is 24.4 Å². The number of benzene rings is 1. The van der Waals surface area contributed by atoms with E-state index in [4.69, 9.17) is 9.15 Å². The fourth-order valence-corrected chi connectivity index (χ4v) is 1.21. The van der Waals surface area contributed by atoms with Crippen LogP contribution >= 0.6 is 0 Å². The summed E-state index contributed by atoms with van der Waals surface area (Å²) in [6.45, 7) is 0.331. The van der Waals surface area contributed by atoms with Crippen molar-refractivity contribution in [2.45, 2.75) is 6.61 Å². The molecule has 15 heavy (non-hydrogen) atoms. The van der Waals surface area contributed by atoms with Gasteiger partial charge in [-0.25, -0.2) is 0 Å². The molecule has 2 aromatic rings. The second kappa shape index (κ2) is 4.46. The Bertz CT molecular complexity index is 431. The number of para-hydroxylation sites is 1. The third kappa shape index (κ3) is 2.47. The second-order valence-electron chi connectivity index (χ2n) is 3.02. The first-order valence-corrected chi connectivity index (χ1v) is 4.60. The highest BCUT2D eigenvalue weighted by molar-refractivity contribution is 5.70. The van der Waals surface area contributed by atoms with Crippen LogP contribution in [-0.4, -0.2) is 6.29 Å². The highest BCUT2D eigenvalue weighted by Gasteiger charge is 2.01. The summed E-state index contributed by atoms with van der Waals surface area (Å²) in [5, 5.41) is 0. The maximum Gasteiger partial charge on any atom is 0.185 e. The number of carbonyl (C=O) groups excluding carboxylic acids is 1. The molecule has 0 saturated carbocycles. The van der Waals surface area contributed by atoms with Gasteiger partial charge in [0.25, 0.3) is 0 Å². The lowest BCUT2D eigenvalue weighted by Crippen LogP contribution is -1.92. The normalized spacial score (nSPS) is 9.87. The summed E-state index contributed by atoms with van der Waals surface area (Å²) in [4.78, 5) is 10.4. The van der Waals surface area contributed by atoms with E-state index in [2.05, 4.69) is 0 Å². The Labute approximate surface area is 87.3 Å². The number of hydrogen-bond acceptors (Lipinski definition) is 3. The minimum absolute atomic E-state index is 0.321. The van der Waals surface area contributed by atoms with Crippen molar-refractivity contribution in [2.75, 3.05) is 0 Å². The zero-order chi connectivity index (χ0) is 10.5. The third-order valence-corrected chi connectivity index (χ3v) is 1.92. The maximum atomic E-state index is 10.4. The van der Waals surface area contributed by atoms with Gasteiger partial charge in [0.05, 0.1) is 0 Å². The molecular weight excluding hydrogens is 192 g/mol. The highest BCUT2D eigenvalue weighted by atomic mass is 16.5. The Balaban J connectivity index is 1.96. The zero-order valence-electron chi connectivity index (χ0n) is 8.05. The van der Waals surface area contributed by atoms with Gasteiger partial charge in [-0.15, -0.1) is 0 Å². The lowest BCUT2D eigenvalue weighted by Gasteiger charge is -2.02. The van der Waals surface area contributed by atoms with Crippen LogP contribution in [0, 0.1) is 0 Å². The molecule has 2 rings (SSSR count). The van der Waals surface area contributed by atoms with Crippen LogP contribution in [0.25, 0.3) is 0 Å². The van der Waals surface area contributed by atoms with Crippen molar-refractivity contribution in [2.24, 2.45) is 0 Å². The van der Waals surface area contributed by atoms with E-state index < -0.39 is 0 Å². The topological polar surface area (TPSA) is 39.4 Å². The van der Waals surface area contributed by atoms with Crippen molar-refractivity contribution < 1.29 is 13.9 Å². The molecule has 76 valence electrons. The quantitative estimate of drug-likeness (QED) is 0.715. The van der Waals surface area contributed by atoms with E-state index in [1.807, 2.05) is 30.3 Å². The van der Waals surface area contributed by atoms with Gasteiger partial charge < -0.3 is 9.15 Å². The first-order valence-electron chi connectivity index (χ1n) is 4.60. The van der Waals surface area contributed by atoms with Crippen LogP contribution in [0.5, 0.6) is 5.75 Å². The first-order chi connectivity index (χ1) is 7.38. The Morgan fingerprint density at radius 3 is 2.60 bits per heavy atom. The molecule has 0 aliphatic carbocycles. The molecule has 0 unspecified atom stereocenters. The Morgan fingerprint density at radius 1 is 1.13 bits per heavy atom. The molecular formula is C12H10O3. The third-order valence-electron chi connectivity index (χ3n) is 1.92. The molecule has 3 nitrogen and oxygen atoms in total. The number of hydrogen-bond donors (Lipinski definition) is 0. The van der Waals surface area contributed by atoms with Crippen LogP contribution < -0.4 is 4.74 Å². The summed E-state index contributed by atoms with van der Waals surface area (Å²) in [6, 6.07) is 12.8. The Hall–Kier alpha value is -2.03. The number of aldehydes is 1. The van der Waals surface area contributed by atoms with Crippen molar-refractivity contribution >= 4 is 6.29 Å². The summed E-state index contributed by atoms with van der Waals surface area (Å²) in [6.07, 6.45) is 0.673. The van der Waals surface area contributed by atoms with E-state index in [9.17, 15) is 4.79 Å². The van der Waals surface area contributed by atoms with Gasteiger partial charge >= 0.3 is 0 Å². The summed E-state index contributed by atoms with van der Waals surface area (Å²) in [7, 11) is 0. The molecule has 1 aromatic heterocycles. The average molecular weight is 202 g/mol. The lowest BCUT2D eigenvalue weighted by atomic mass is 10.3. The van der Waals surface area contributed by atoms with E-state index in [-0.39, 0.29) is 0 Å². The molecule has 0 saturated heterocycles. The van der Waals surface area contributed by atoms with Gasteiger partial charge in [-0.3, -0.25) is 4.79 Å². The van der Waals surface area contributed by atoms with Crippen molar-refractivity contribution in [1.29, 1.82) is 0 Å². The highest BCUT2D eigenvalue weighted by Crippen LogP contribution is 2.12. The van der Waals surface area contributed by atoms with Crippen LogP contribution in [0.2, 0.25) is 0 Å². The molecule has 0 radical (unpaired) electrons. The van der Waals surface area contributed by atoms with Crippen molar-refractivity contribution in [3.63, 3.8) is 0 Å². The van der Waals surface area contributed by atoms with E-state index in [0.717, 1.165) is 5.75 Å². The monoisotopic (exact) mass is 202 g/mol. The summed E-state index contributed by atoms with van der Waals surface area (Å²) in [5.41, 5.74) is 0. The molecule has 0 atom stereocenters. The van der Waals surface area contributed by atoms with Gasteiger partial charge in [-0.1, -0.05) is 18.2 Å². The maximum absolute atomic E-state index is 10.4. The molecule has 0 aliphatic rings. The minimum Gasteiger partial charge on any atom is -0.486 e. The number of carbonyl (C=O) groups is 1. The SMILES string of the molecule is O=Cc1ccc(COc2ccccc2)o1. The second-order valence-corrected chi connectivity index (χ2v) is 3.02. The van der Waals surface area contributed by atoms with Crippen LogP contribution in [0.1, 0.15) is 16.3 Å². The summed E-state index contributed by atoms with van der Waals surface area (Å²) in [5.74, 6) is 1.74. The van der Waals surface area contributed by atoms with Gasteiger partial charge in [0.1, 0.15) is 18.1 Å². The predicted molar refractivity (Wildman–Crippen MR) is 54.9 cm³/mol. The first kappa shape index (κ1) is 9.52. The van der Waals surface area contributed by atoms with Crippen molar-refractivity contribution in [1.82, 2.24) is 0 Å². The molecule has 0 N–H and O–H groups in total. The average Bonchev–Trinajstić information content (AvgIpc) is 2.76. The van der Waals surface area contributed by atoms with E-state index in [1.165, 1.54) is 0 Å². The van der Waals surface area contributed by atoms with Crippen molar-refractivity contribution in [3.05, 3.63) is 54.0 Å². The van der Waals surface area contributed by atoms with Crippen LogP contribution in [0.4, 0.5) is 0 Å². The van der Waals surface area contributed by atoms with Gasteiger partial charge in [-0.05, 0) is 24.3 Å². The van der Waals surface area contributed by atoms with Crippen LogP contribution in [-0.2, 0) is 6.61 Å². The fourth-order valence-electron chi connectivity index (χ4n) is 1.21. The Morgan fingerprint density at radius 2 is 1.93 bits per heavy atom.